The van der Waals surface area contributed by atoms with Crippen molar-refractivity contribution in [1.82, 2.24) is 0 Å². The van der Waals surface area contributed by atoms with Gasteiger partial charge in [0.2, 0.25) is 0 Å². The fourth-order valence-corrected chi connectivity index (χ4v) is 7.92. The van der Waals surface area contributed by atoms with E-state index < -0.39 is 58.0 Å². The minimum Gasteiger partial charge on any atom is -0.455 e. The molecule has 0 aromatic rings. The number of ketones is 1. The zero-order valence-electron chi connectivity index (χ0n) is 16.0. The third-order valence-electron chi connectivity index (χ3n) is 9.20. The molecule has 27 heavy (non-hydrogen) atoms. The number of aliphatic hydroxyl groups is 2. The number of hydrogen-bond acceptors (Lipinski definition) is 7. The number of ether oxygens (including phenoxy) is 3. The van der Waals surface area contributed by atoms with Crippen molar-refractivity contribution in [2.45, 2.75) is 81.3 Å². The first-order valence-electron chi connectivity index (χ1n) is 10.0. The molecule has 6 bridgehead atoms. The average molecular weight is 378 g/mol. The Morgan fingerprint density at radius 2 is 1.78 bits per heavy atom. The van der Waals surface area contributed by atoms with Gasteiger partial charge in [-0.05, 0) is 39.0 Å². The third-order valence-corrected chi connectivity index (χ3v) is 9.20. The Morgan fingerprint density at radius 1 is 1.07 bits per heavy atom. The summed E-state index contributed by atoms with van der Waals surface area (Å²) in [4.78, 5) is 26.9. The smallest absolute Gasteiger partial charge is 0.318 e. The van der Waals surface area contributed by atoms with Crippen LogP contribution < -0.4 is 0 Å². The average Bonchev–Trinajstić information content (AvgIpc) is 3.01. The molecule has 7 nitrogen and oxygen atoms in total. The van der Waals surface area contributed by atoms with E-state index in [1.807, 2.05) is 13.8 Å². The second kappa shape index (κ2) is 4.13. The number of hydrogen-bond donors (Lipinski definition) is 2. The highest BCUT2D eigenvalue weighted by Gasteiger charge is 2.91. The zero-order chi connectivity index (χ0) is 19.4. The number of Topliss-reactive ketones (excluding diaryl/α,β-unsaturated/α-hetero) is 1. The van der Waals surface area contributed by atoms with Crippen LogP contribution in [0.2, 0.25) is 0 Å². The Kier molecular flexibility index (Phi) is 2.58. The van der Waals surface area contributed by atoms with Gasteiger partial charge in [0.1, 0.15) is 22.7 Å². The Labute approximate surface area is 157 Å². The largest absolute Gasteiger partial charge is 0.455 e. The van der Waals surface area contributed by atoms with Crippen molar-refractivity contribution >= 4 is 11.8 Å². The molecule has 7 heteroatoms. The standard InChI is InChI=1S/C20H26O7/c1-8-7-18-10-5-11-13(21)16(3)6-9(2)20(24,26-16)12(15(23)25-18)19(11,18)27-17(8,4)14(10)22/h8-12,14,22,24H,5-7H2,1-4H3/t8-,9-,10-,11?,12-,14+,16-,17+,18-,19+,20+/m0/s1. The molecule has 0 amide bonds. The highest BCUT2D eigenvalue weighted by atomic mass is 16.7. The summed E-state index contributed by atoms with van der Waals surface area (Å²) in [6.45, 7) is 7.36. The van der Waals surface area contributed by atoms with Crippen molar-refractivity contribution in [2.75, 3.05) is 0 Å². The highest BCUT2D eigenvalue weighted by Crippen LogP contribution is 2.76. The van der Waals surface area contributed by atoms with E-state index in [1.165, 1.54) is 0 Å². The minimum absolute atomic E-state index is 0.0428. The molecule has 11 atom stereocenters. The number of carbonyl (C=O) groups is 2. The first-order valence-corrected chi connectivity index (χ1v) is 10.0. The molecule has 5 heterocycles. The predicted octanol–water partition coefficient (Wildman–Crippen LogP) is 0.549. The lowest BCUT2D eigenvalue weighted by Gasteiger charge is -2.64. The quantitative estimate of drug-likeness (QED) is 0.594. The summed E-state index contributed by atoms with van der Waals surface area (Å²) in [5, 5.41) is 22.7. The molecule has 5 saturated heterocycles. The number of aliphatic hydroxyl groups excluding tert-OH is 1. The van der Waals surface area contributed by atoms with Crippen LogP contribution in [0, 0.1) is 29.6 Å². The molecule has 7 rings (SSSR count). The van der Waals surface area contributed by atoms with Crippen molar-refractivity contribution in [1.29, 1.82) is 0 Å². The summed E-state index contributed by atoms with van der Waals surface area (Å²) >= 11 is 0. The normalized spacial score (nSPS) is 68.1. The van der Waals surface area contributed by atoms with Crippen LogP contribution in [0.5, 0.6) is 0 Å². The molecule has 1 unspecified atom stereocenters. The second-order valence-corrected chi connectivity index (χ2v) is 10.3. The van der Waals surface area contributed by atoms with Gasteiger partial charge in [-0.3, -0.25) is 9.59 Å². The monoisotopic (exact) mass is 378 g/mol. The fraction of sp³-hybridized carbons (Fsp3) is 0.900. The van der Waals surface area contributed by atoms with Crippen LogP contribution in [0.1, 0.15) is 47.0 Å². The molecule has 2 N–H and O–H groups in total. The fourth-order valence-electron chi connectivity index (χ4n) is 7.92. The van der Waals surface area contributed by atoms with Crippen LogP contribution in [0.4, 0.5) is 0 Å². The van der Waals surface area contributed by atoms with Gasteiger partial charge < -0.3 is 24.4 Å². The molecular weight excluding hydrogens is 352 g/mol. The lowest BCUT2D eigenvalue weighted by Crippen LogP contribution is -2.78. The van der Waals surface area contributed by atoms with Crippen LogP contribution in [-0.4, -0.2) is 56.3 Å². The van der Waals surface area contributed by atoms with E-state index in [-0.39, 0.29) is 17.6 Å². The van der Waals surface area contributed by atoms with Gasteiger partial charge >= 0.3 is 5.97 Å². The van der Waals surface area contributed by atoms with Crippen molar-refractivity contribution in [3.05, 3.63) is 0 Å². The van der Waals surface area contributed by atoms with Gasteiger partial charge in [0.15, 0.2) is 11.6 Å². The number of esters is 1. The van der Waals surface area contributed by atoms with Gasteiger partial charge in [0.05, 0.1) is 17.6 Å². The van der Waals surface area contributed by atoms with Gasteiger partial charge in [0.25, 0.3) is 0 Å². The number of carbonyl (C=O) groups excluding carboxylic acids is 2. The molecule has 7 fully saturated rings. The van der Waals surface area contributed by atoms with Crippen molar-refractivity contribution < 1.29 is 34.0 Å². The van der Waals surface area contributed by atoms with Gasteiger partial charge in [0, 0.05) is 11.8 Å². The molecule has 0 radical (unpaired) electrons. The first-order chi connectivity index (χ1) is 12.5. The van der Waals surface area contributed by atoms with Gasteiger partial charge in [-0.25, -0.2) is 0 Å². The molecule has 0 aromatic carbocycles. The molecule has 2 spiro atoms. The molecule has 5 aliphatic heterocycles. The highest BCUT2D eigenvalue weighted by molar-refractivity contribution is 5.95. The molecule has 7 aliphatic rings. The molecular formula is C20H26O7. The van der Waals surface area contributed by atoms with Gasteiger partial charge in [-0.1, -0.05) is 13.8 Å². The molecule has 0 aromatic heterocycles. The van der Waals surface area contributed by atoms with Crippen molar-refractivity contribution in [2.24, 2.45) is 29.6 Å². The Balaban J connectivity index is 1.68. The van der Waals surface area contributed by atoms with Crippen LogP contribution in [-0.2, 0) is 23.8 Å². The maximum Gasteiger partial charge on any atom is 0.318 e. The summed E-state index contributed by atoms with van der Waals surface area (Å²) in [5.41, 5.74) is -4.40. The third kappa shape index (κ3) is 1.35. The van der Waals surface area contributed by atoms with E-state index in [9.17, 15) is 19.8 Å². The lowest BCUT2D eigenvalue weighted by molar-refractivity contribution is -0.370. The van der Waals surface area contributed by atoms with Crippen LogP contribution in [0.15, 0.2) is 0 Å². The van der Waals surface area contributed by atoms with Crippen LogP contribution in [0.3, 0.4) is 0 Å². The zero-order valence-corrected chi connectivity index (χ0v) is 16.0. The van der Waals surface area contributed by atoms with E-state index in [0.29, 0.717) is 19.3 Å². The topological polar surface area (TPSA) is 102 Å². The number of rotatable bonds is 0. The number of fused-ring (bicyclic) bond motifs is 4. The van der Waals surface area contributed by atoms with E-state index in [2.05, 4.69) is 0 Å². The summed E-state index contributed by atoms with van der Waals surface area (Å²) in [6.07, 6.45) is 0.456. The summed E-state index contributed by atoms with van der Waals surface area (Å²) in [5.74, 6) is -5.04. The van der Waals surface area contributed by atoms with Crippen LogP contribution >= 0.6 is 0 Å². The summed E-state index contributed by atoms with van der Waals surface area (Å²) in [7, 11) is 0. The van der Waals surface area contributed by atoms with Gasteiger partial charge in [-0.15, -0.1) is 0 Å². The van der Waals surface area contributed by atoms with Gasteiger partial charge in [-0.2, -0.15) is 0 Å². The Hall–Kier alpha value is -1.02. The predicted molar refractivity (Wildman–Crippen MR) is 89.1 cm³/mol. The van der Waals surface area contributed by atoms with E-state index in [1.54, 1.807) is 13.8 Å². The Morgan fingerprint density at radius 3 is 2.48 bits per heavy atom. The Bertz CT molecular complexity index is 812. The minimum atomic E-state index is -1.81. The van der Waals surface area contributed by atoms with E-state index in [4.69, 9.17) is 14.2 Å². The maximum atomic E-state index is 13.7. The van der Waals surface area contributed by atoms with E-state index >= 15 is 0 Å². The first kappa shape index (κ1) is 16.9. The second-order valence-electron chi connectivity index (χ2n) is 10.3. The summed E-state index contributed by atoms with van der Waals surface area (Å²) < 4.78 is 18.6. The molecule has 148 valence electrons. The lowest BCUT2D eigenvalue weighted by atomic mass is 9.54. The summed E-state index contributed by atoms with van der Waals surface area (Å²) in [6, 6.07) is 0. The maximum absolute atomic E-state index is 13.7. The van der Waals surface area contributed by atoms with E-state index in [0.717, 1.165) is 0 Å². The molecule has 2 saturated carbocycles. The SMILES string of the molecule is C[C@H]1C[C@]23OC(=O)[C@@H]4[C@]5(O)O[C@@](C)(C[C@@H]5C)C(=O)C5C[C@H]2[C@@H](O)[C@]1(C)O[C@]543. The van der Waals surface area contributed by atoms with Crippen LogP contribution in [0.25, 0.3) is 0 Å². The van der Waals surface area contributed by atoms with Crippen molar-refractivity contribution in [3.8, 4) is 0 Å². The molecule has 2 aliphatic carbocycles. The van der Waals surface area contributed by atoms with Crippen molar-refractivity contribution in [3.63, 3.8) is 0 Å².